The number of aromatic nitrogens is 1. The van der Waals surface area contributed by atoms with Crippen LogP contribution in [-0.4, -0.2) is 47.2 Å². The van der Waals surface area contributed by atoms with Crippen LogP contribution in [0.2, 0.25) is 0 Å². The second kappa shape index (κ2) is 9.58. The molecule has 0 bridgehead atoms. The molecule has 1 saturated carbocycles. The molecule has 10 heteroatoms. The third-order valence-electron chi connectivity index (χ3n) is 5.67. The number of thioether (sulfide) groups is 1. The lowest BCUT2D eigenvalue weighted by molar-refractivity contribution is -0.153. The number of benzene rings is 1. The predicted molar refractivity (Wildman–Crippen MR) is 120 cm³/mol. The van der Waals surface area contributed by atoms with E-state index in [1.54, 1.807) is 32.0 Å². The van der Waals surface area contributed by atoms with E-state index in [0.29, 0.717) is 15.5 Å². The first-order chi connectivity index (χ1) is 15.4. The Hall–Kier alpha value is -2.46. The summed E-state index contributed by atoms with van der Waals surface area (Å²) in [6.07, 6.45) is 3.48. The van der Waals surface area contributed by atoms with Gasteiger partial charge in [0.15, 0.2) is 4.34 Å². The van der Waals surface area contributed by atoms with E-state index in [1.165, 1.54) is 16.2 Å². The Labute approximate surface area is 193 Å². The van der Waals surface area contributed by atoms with Gasteiger partial charge in [0.1, 0.15) is 0 Å². The van der Waals surface area contributed by atoms with Crippen molar-refractivity contribution in [2.24, 2.45) is 11.8 Å². The Morgan fingerprint density at radius 3 is 2.25 bits per heavy atom. The Bertz CT molecular complexity index is 1030. The fraction of sp³-hybridized carbons (Fsp3) is 0.500. The number of fused-ring (bicyclic) bond motifs is 2. The minimum Gasteiger partial charge on any atom is -0.465 e. The zero-order valence-corrected chi connectivity index (χ0v) is 19.5. The van der Waals surface area contributed by atoms with Crippen molar-refractivity contribution in [3.8, 4) is 0 Å². The summed E-state index contributed by atoms with van der Waals surface area (Å²) in [5.41, 5.74) is 1.19. The van der Waals surface area contributed by atoms with Crippen LogP contribution in [0.5, 0.6) is 0 Å². The first-order valence-corrected chi connectivity index (χ1v) is 12.4. The monoisotopic (exact) mass is 476 g/mol. The fourth-order valence-corrected chi connectivity index (χ4v) is 6.39. The van der Waals surface area contributed by atoms with Gasteiger partial charge in [0.05, 0.1) is 41.0 Å². The number of imide groups is 1. The minimum atomic E-state index is -1.17. The molecule has 8 nitrogen and oxygen atoms in total. The Morgan fingerprint density at radius 1 is 1.09 bits per heavy atom. The van der Waals surface area contributed by atoms with E-state index < -0.39 is 17.2 Å². The van der Waals surface area contributed by atoms with Gasteiger partial charge in [-0.25, -0.2) is 4.98 Å². The van der Waals surface area contributed by atoms with E-state index in [1.807, 2.05) is 0 Å². The Morgan fingerprint density at radius 2 is 1.69 bits per heavy atom. The summed E-state index contributed by atoms with van der Waals surface area (Å²) in [7, 11) is 0. The summed E-state index contributed by atoms with van der Waals surface area (Å²) in [5, 5.41) is -1.17. The molecule has 1 aliphatic heterocycles. The zero-order valence-electron chi connectivity index (χ0n) is 17.9. The molecule has 2 heterocycles. The third kappa shape index (κ3) is 4.25. The first-order valence-electron chi connectivity index (χ1n) is 10.7. The van der Waals surface area contributed by atoms with E-state index in [0.717, 1.165) is 42.1 Å². The molecule has 0 spiro atoms. The SMILES string of the molecule is CCOC(=O)C(Sc1nc2ccc(N3C(=O)[C@H]4CCCC[C@@H]4C3=O)cc2s1)C(=O)OCC. The molecule has 0 radical (unpaired) electrons. The number of thiazole rings is 1. The fourth-order valence-electron chi connectivity index (χ4n) is 4.23. The van der Waals surface area contributed by atoms with Crippen LogP contribution in [0.25, 0.3) is 10.2 Å². The van der Waals surface area contributed by atoms with Gasteiger partial charge in [0.25, 0.3) is 0 Å². The first kappa shape index (κ1) is 22.7. The van der Waals surface area contributed by atoms with E-state index >= 15 is 0 Å². The van der Waals surface area contributed by atoms with Gasteiger partial charge in [-0.15, -0.1) is 11.3 Å². The number of ether oxygens (including phenoxy) is 2. The number of amides is 2. The van der Waals surface area contributed by atoms with Gasteiger partial charge in [0.2, 0.25) is 17.1 Å². The van der Waals surface area contributed by atoms with Crippen LogP contribution in [0, 0.1) is 11.8 Å². The van der Waals surface area contributed by atoms with E-state index in [2.05, 4.69) is 4.98 Å². The zero-order chi connectivity index (χ0) is 22.8. The lowest BCUT2D eigenvalue weighted by Crippen LogP contribution is -2.30. The van der Waals surface area contributed by atoms with Crippen LogP contribution in [0.15, 0.2) is 22.5 Å². The molecular formula is C22H24N2O6S2. The van der Waals surface area contributed by atoms with Crippen molar-refractivity contribution in [2.75, 3.05) is 18.1 Å². The maximum atomic E-state index is 12.9. The molecule has 2 fully saturated rings. The highest BCUT2D eigenvalue weighted by Crippen LogP contribution is 2.41. The Balaban J connectivity index is 1.59. The lowest BCUT2D eigenvalue weighted by atomic mass is 9.81. The molecule has 170 valence electrons. The van der Waals surface area contributed by atoms with Crippen LogP contribution in [0.4, 0.5) is 5.69 Å². The van der Waals surface area contributed by atoms with E-state index in [-0.39, 0.29) is 36.9 Å². The van der Waals surface area contributed by atoms with Crippen molar-refractivity contribution in [3.05, 3.63) is 18.2 Å². The number of carbonyl (C=O) groups excluding carboxylic acids is 4. The van der Waals surface area contributed by atoms with Crippen molar-refractivity contribution < 1.29 is 28.7 Å². The molecule has 1 aromatic carbocycles. The van der Waals surface area contributed by atoms with Gasteiger partial charge in [0, 0.05) is 0 Å². The van der Waals surface area contributed by atoms with Gasteiger partial charge < -0.3 is 9.47 Å². The second-order valence-electron chi connectivity index (χ2n) is 7.64. The van der Waals surface area contributed by atoms with Crippen LogP contribution in [-0.2, 0) is 28.7 Å². The number of carbonyl (C=O) groups is 4. The van der Waals surface area contributed by atoms with Crippen LogP contribution < -0.4 is 4.90 Å². The largest absolute Gasteiger partial charge is 0.465 e. The molecule has 1 aromatic heterocycles. The quantitative estimate of drug-likeness (QED) is 0.259. The maximum Gasteiger partial charge on any atom is 0.331 e. The molecular weight excluding hydrogens is 452 g/mol. The van der Waals surface area contributed by atoms with Gasteiger partial charge >= 0.3 is 11.9 Å². The van der Waals surface area contributed by atoms with Gasteiger partial charge in [-0.1, -0.05) is 24.6 Å². The number of hydrogen-bond donors (Lipinski definition) is 0. The molecule has 4 rings (SSSR count). The summed E-state index contributed by atoms with van der Waals surface area (Å²) in [6, 6.07) is 5.24. The Kier molecular flexibility index (Phi) is 6.80. The molecule has 2 aliphatic rings. The van der Waals surface area contributed by atoms with Crippen molar-refractivity contribution in [1.82, 2.24) is 4.98 Å². The van der Waals surface area contributed by atoms with Gasteiger partial charge in [-0.05, 0) is 44.9 Å². The van der Waals surface area contributed by atoms with Gasteiger partial charge in [-0.2, -0.15) is 0 Å². The molecule has 0 N–H and O–H groups in total. The molecule has 1 aliphatic carbocycles. The summed E-state index contributed by atoms with van der Waals surface area (Å²) in [5.74, 6) is -2.02. The summed E-state index contributed by atoms with van der Waals surface area (Å²) in [6.45, 7) is 3.64. The molecule has 0 unspecified atom stereocenters. The average molecular weight is 477 g/mol. The number of anilines is 1. The highest BCUT2D eigenvalue weighted by molar-refractivity contribution is 8.03. The summed E-state index contributed by atoms with van der Waals surface area (Å²) in [4.78, 5) is 56.1. The van der Waals surface area contributed by atoms with Gasteiger partial charge in [-0.3, -0.25) is 24.1 Å². The molecule has 2 atom stereocenters. The molecule has 1 saturated heterocycles. The average Bonchev–Trinajstić information content (AvgIpc) is 3.30. The van der Waals surface area contributed by atoms with Crippen LogP contribution in [0.3, 0.4) is 0 Å². The third-order valence-corrected chi connectivity index (χ3v) is 7.94. The molecule has 2 amide bonds. The number of rotatable bonds is 7. The standard InChI is InChI=1S/C22H24N2O6S2/c1-3-29-20(27)17(21(28)30-4-2)32-22-23-15-10-9-12(11-16(15)31-22)24-18(25)13-7-5-6-8-14(13)19(24)26/h9-11,13-14,17H,3-8H2,1-2H3/t13-,14-/m0/s1. The minimum absolute atomic E-state index is 0.122. The molecule has 2 aromatic rings. The number of hydrogen-bond acceptors (Lipinski definition) is 9. The highest BCUT2D eigenvalue weighted by Gasteiger charge is 2.48. The lowest BCUT2D eigenvalue weighted by Gasteiger charge is -2.19. The van der Waals surface area contributed by atoms with Crippen molar-refractivity contribution >= 4 is 62.8 Å². The number of nitrogens with zero attached hydrogens (tertiary/aromatic N) is 2. The van der Waals surface area contributed by atoms with Crippen molar-refractivity contribution in [2.45, 2.75) is 49.1 Å². The summed E-state index contributed by atoms with van der Waals surface area (Å²) < 4.78 is 11.3. The topological polar surface area (TPSA) is 103 Å². The normalized spacial score (nSPS) is 20.7. The predicted octanol–water partition coefficient (Wildman–Crippen LogP) is 3.56. The van der Waals surface area contributed by atoms with Crippen LogP contribution >= 0.6 is 23.1 Å². The van der Waals surface area contributed by atoms with Crippen molar-refractivity contribution in [1.29, 1.82) is 0 Å². The number of esters is 2. The highest BCUT2D eigenvalue weighted by atomic mass is 32.2. The maximum absolute atomic E-state index is 12.9. The smallest absolute Gasteiger partial charge is 0.331 e. The van der Waals surface area contributed by atoms with Crippen LogP contribution in [0.1, 0.15) is 39.5 Å². The molecule has 32 heavy (non-hydrogen) atoms. The van der Waals surface area contributed by atoms with Crippen molar-refractivity contribution in [3.63, 3.8) is 0 Å². The van der Waals surface area contributed by atoms with E-state index in [9.17, 15) is 19.2 Å². The second-order valence-corrected chi connectivity index (χ2v) is 10.0. The van der Waals surface area contributed by atoms with E-state index in [4.69, 9.17) is 9.47 Å². The summed E-state index contributed by atoms with van der Waals surface area (Å²) >= 11 is 2.26.